The number of amides is 1. The van der Waals surface area contributed by atoms with E-state index in [1.54, 1.807) is 34.2 Å². The summed E-state index contributed by atoms with van der Waals surface area (Å²) in [4.78, 5) is 30.7. The van der Waals surface area contributed by atoms with E-state index in [0.717, 1.165) is 10.6 Å². The van der Waals surface area contributed by atoms with Crippen molar-refractivity contribution >= 4 is 34.8 Å². The third kappa shape index (κ3) is 4.22. The lowest BCUT2D eigenvalue weighted by molar-refractivity contribution is 0.0999. The van der Waals surface area contributed by atoms with Crippen molar-refractivity contribution < 1.29 is 9.59 Å². The lowest BCUT2D eigenvalue weighted by Gasteiger charge is -2.11. The number of hydrogen-bond acceptors (Lipinski definition) is 6. The summed E-state index contributed by atoms with van der Waals surface area (Å²) in [5.74, 6) is 0.628. The maximum Gasteiger partial charge on any atom is 0.270 e. The van der Waals surface area contributed by atoms with Gasteiger partial charge in [0.2, 0.25) is 5.16 Å². The SMILES string of the molecule is Cc1cc(C(=O)CSc2n[nH]c(-c3cccs3)n2)c(C)n1NC(=O)c1ccccc1. The Morgan fingerprint density at radius 2 is 1.97 bits per heavy atom. The minimum Gasteiger partial charge on any atom is -0.293 e. The number of carbonyl (C=O) groups is 2. The largest absolute Gasteiger partial charge is 0.293 e. The number of H-pyrrole nitrogens is 1. The number of carbonyl (C=O) groups excluding carboxylic acids is 2. The molecule has 0 aliphatic heterocycles. The minimum atomic E-state index is -0.229. The fourth-order valence-electron chi connectivity index (χ4n) is 3.02. The first-order valence-corrected chi connectivity index (χ1v) is 11.1. The number of ketones is 1. The van der Waals surface area contributed by atoms with E-state index in [1.165, 1.54) is 11.8 Å². The van der Waals surface area contributed by atoms with Gasteiger partial charge < -0.3 is 0 Å². The van der Waals surface area contributed by atoms with Crippen molar-refractivity contribution in [3.63, 3.8) is 0 Å². The van der Waals surface area contributed by atoms with Gasteiger partial charge in [-0.3, -0.25) is 24.8 Å². The Morgan fingerprint density at radius 3 is 2.70 bits per heavy atom. The van der Waals surface area contributed by atoms with Crippen LogP contribution in [0.1, 0.15) is 32.1 Å². The smallest absolute Gasteiger partial charge is 0.270 e. The van der Waals surface area contributed by atoms with Gasteiger partial charge >= 0.3 is 0 Å². The average Bonchev–Trinajstić information content (AvgIpc) is 3.50. The summed E-state index contributed by atoms with van der Waals surface area (Å²) in [5.41, 5.74) is 5.45. The van der Waals surface area contributed by atoms with Crippen LogP contribution in [0.5, 0.6) is 0 Å². The summed E-state index contributed by atoms with van der Waals surface area (Å²) >= 11 is 2.85. The van der Waals surface area contributed by atoms with Gasteiger partial charge in [-0.05, 0) is 43.5 Å². The Balaban J connectivity index is 1.43. The average molecular weight is 438 g/mol. The molecule has 0 atom stereocenters. The molecule has 0 saturated heterocycles. The van der Waals surface area contributed by atoms with Crippen LogP contribution in [0.25, 0.3) is 10.7 Å². The number of aromatic amines is 1. The molecule has 2 N–H and O–H groups in total. The zero-order chi connectivity index (χ0) is 21.1. The fraction of sp³-hybridized carbons (Fsp3) is 0.143. The van der Waals surface area contributed by atoms with Gasteiger partial charge in [0.05, 0.1) is 10.6 Å². The highest BCUT2D eigenvalue weighted by molar-refractivity contribution is 7.99. The molecule has 0 aliphatic rings. The Morgan fingerprint density at radius 1 is 1.17 bits per heavy atom. The molecule has 4 aromatic rings. The Bertz CT molecular complexity index is 1180. The van der Waals surface area contributed by atoms with Gasteiger partial charge in [-0.2, -0.15) is 0 Å². The normalized spacial score (nSPS) is 10.9. The molecule has 0 saturated carbocycles. The second kappa shape index (κ2) is 8.68. The van der Waals surface area contributed by atoms with Crippen molar-refractivity contribution in [3.05, 3.63) is 76.4 Å². The van der Waals surface area contributed by atoms with E-state index in [2.05, 4.69) is 20.6 Å². The number of Topliss-reactive ketones (excluding diaryl/α,β-unsaturated/α-hetero) is 1. The summed E-state index contributed by atoms with van der Waals surface area (Å²) < 4.78 is 1.65. The number of rotatable bonds is 7. The molecule has 152 valence electrons. The maximum atomic E-state index is 12.8. The number of hydrogen-bond donors (Lipinski definition) is 2. The van der Waals surface area contributed by atoms with Crippen LogP contribution in [0.4, 0.5) is 0 Å². The van der Waals surface area contributed by atoms with E-state index in [0.29, 0.717) is 27.8 Å². The molecular weight excluding hydrogens is 418 g/mol. The van der Waals surface area contributed by atoms with E-state index in [9.17, 15) is 9.59 Å². The minimum absolute atomic E-state index is 0.0456. The zero-order valence-corrected chi connectivity index (χ0v) is 18.0. The van der Waals surface area contributed by atoms with Gasteiger partial charge in [-0.25, -0.2) is 4.98 Å². The van der Waals surface area contributed by atoms with Crippen LogP contribution in [0, 0.1) is 13.8 Å². The fourth-order valence-corrected chi connectivity index (χ4v) is 4.36. The van der Waals surface area contributed by atoms with Crippen LogP contribution >= 0.6 is 23.1 Å². The Kier molecular flexibility index (Phi) is 5.82. The first kappa shape index (κ1) is 20.1. The number of aromatic nitrogens is 4. The number of benzene rings is 1. The third-order valence-electron chi connectivity index (χ3n) is 4.53. The first-order valence-electron chi connectivity index (χ1n) is 9.20. The Hall–Kier alpha value is -3.17. The molecule has 0 unspecified atom stereocenters. The zero-order valence-electron chi connectivity index (χ0n) is 16.4. The highest BCUT2D eigenvalue weighted by Crippen LogP contribution is 2.24. The van der Waals surface area contributed by atoms with E-state index in [4.69, 9.17) is 0 Å². The summed E-state index contributed by atoms with van der Waals surface area (Å²) in [6.07, 6.45) is 0. The van der Waals surface area contributed by atoms with Crippen molar-refractivity contribution in [2.24, 2.45) is 0 Å². The highest BCUT2D eigenvalue weighted by Gasteiger charge is 2.18. The van der Waals surface area contributed by atoms with E-state index in [-0.39, 0.29) is 17.4 Å². The molecule has 1 amide bonds. The van der Waals surface area contributed by atoms with Gasteiger partial charge in [-0.1, -0.05) is 36.0 Å². The van der Waals surface area contributed by atoms with Crippen LogP contribution in [-0.4, -0.2) is 37.3 Å². The molecule has 1 aromatic carbocycles. The van der Waals surface area contributed by atoms with Crippen LogP contribution < -0.4 is 5.43 Å². The van der Waals surface area contributed by atoms with Gasteiger partial charge in [0.1, 0.15) is 0 Å². The van der Waals surface area contributed by atoms with E-state index >= 15 is 0 Å². The lowest BCUT2D eigenvalue weighted by Crippen LogP contribution is -2.25. The predicted molar refractivity (Wildman–Crippen MR) is 119 cm³/mol. The van der Waals surface area contributed by atoms with Crippen LogP contribution in [0.15, 0.2) is 59.1 Å². The lowest BCUT2D eigenvalue weighted by atomic mass is 10.2. The monoisotopic (exact) mass is 437 g/mol. The second-order valence-electron chi connectivity index (χ2n) is 6.58. The molecule has 3 aromatic heterocycles. The molecule has 30 heavy (non-hydrogen) atoms. The van der Waals surface area contributed by atoms with Gasteiger partial charge in [0.15, 0.2) is 11.6 Å². The first-order chi connectivity index (χ1) is 14.5. The molecular formula is C21H19N5O2S2. The highest BCUT2D eigenvalue weighted by atomic mass is 32.2. The van der Waals surface area contributed by atoms with Gasteiger partial charge in [0, 0.05) is 22.5 Å². The number of aryl methyl sites for hydroxylation is 1. The van der Waals surface area contributed by atoms with Gasteiger partial charge in [0.25, 0.3) is 5.91 Å². The van der Waals surface area contributed by atoms with E-state index < -0.39 is 0 Å². The number of thiophene rings is 1. The second-order valence-corrected chi connectivity index (χ2v) is 8.47. The van der Waals surface area contributed by atoms with Crippen molar-refractivity contribution in [3.8, 4) is 10.7 Å². The van der Waals surface area contributed by atoms with Crippen LogP contribution in [-0.2, 0) is 0 Å². The summed E-state index contributed by atoms with van der Waals surface area (Å²) in [6.45, 7) is 3.67. The summed E-state index contributed by atoms with van der Waals surface area (Å²) in [6, 6.07) is 14.7. The van der Waals surface area contributed by atoms with Crippen LogP contribution in [0.2, 0.25) is 0 Å². The molecule has 0 radical (unpaired) electrons. The Labute approximate surface area is 181 Å². The van der Waals surface area contributed by atoms with E-state index in [1.807, 2.05) is 49.6 Å². The standard InChI is InChI=1S/C21H19N5O2S2/c1-13-11-16(14(2)26(13)25-20(28)15-7-4-3-5-8-15)17(27)12-30-21-22-19(23-24-21)18-9-6-10-29-18/h3-11H,12H2,1-2H3,(H,25,28)(H,22,23,24). The summed E-state index contributed by atoms with van der Waals surface area (Å²) in [7, 11) is 0. The molecule has 0 aliphatic carbocycles. The molecule has 9 heteroatoms. The number of nitrogens with one attached hydrogen (secondary N) is 2. The number of nitrogens with zero attached hydrogens (tertiary/aromatic N) is 3. The summed E-state index contributed by atoms with van der Waals surface area (Å²) in [5, 5.41) is 9.57. The van der Waals surface area contributed by atoms with Crippen molar-refractivity contribution in [1.82, 2.24) is 19.9 Å². The molecule has 0 spiro atoms. The van der Waals surface area contributed by atoms with Crippen molar-refractivity contribution in [1.29, 1.82) is 0 Å². The molecule has 0 fully saturated rings. The molecule has 0 bridgehead atoms. The third-order valence-corrected chi connectivity index (χ3v) is 6.26. The van der Waals surface area contributed by atoms with Crippen molar-refractivity contribution in [2.75, 3.05) is 11.2 Å². The molecule has 3 heterocycles. The maximum absolute atomic E-state index is 12.8. The quantitative estimate of drug-likeness (QED) is 0.332. The van der Waals surface area contributed by atoms with Crippen molar-refractivity contribution in [2.45, 2.75) is 19.0 Å². The molecule has 7 nitrogen and oxygen atoms in total. The topological polar surface area (TPSA) is 92.7 Å². The van der Waals surface area contributed by atoms with Crippen LogP contribution in [0.3, 0.4) is 0 Å². The predicted octanol–water partition coefficient (Wildman–Crippen LogP) is 4.31. The van der Waals surface area contributed by atoms with Gasteiger partial charge in [-0.15, -0.1) is 16.4 Å². The molecule has 4 rings (SSSR count). The number of thioether (sulfide) groups is 1.